The molecule has 0 aliphatic carbocycles. The van der Waals surface area contributed by atoms with Gasteiger partial charge in [-0.3, -0.25) is 0 Å². The first-order valence-electron chi connectivity index (χ1n) is 3.80. The highest BCUT2D eigenvalue weighted by Gasteiger charge is 2.31. The van der Waals surface area contributed by atoms with Crippen LogP contribution in [0.2, 0.25) is 0 Å². The summed E-state index contributed by atoms with van der Waals surface area (Å²) in [6.45, 7) is 2.96. The van der Waals surface area contributed by atoms with E-state index in [1.54, 1.807) is 0 Å². The van der Waals surface area contributed by atoms with Crippen LogP contribution in [0.1, 0.15) is 19.8 Å². The van der Waals surface area contributed by atoms with Crippen molar-refractivity contribution in [2.45, 2.75) is 32.0 Å². The molecule has 0 saturated carbocycles. The van der Waals surface area contributed by atoms with Gasteiger partial charge < -0.3 is 4.90 Å². The molecule has 4 heteroatoms. The molecule has 1 fully saturated rings. The van der Waals surface area contributed by atoms with Crippen LogP contribution in [0.5, 0.6) is 0 Å². The Bertz CT molecular complexity index is 132. The largest absolute Gasteiger partial charge is 0.390 e. The fourth-order valence-electron chi connectivity index (χ4n) is 1.17. The number of halogens is 3. The molecule has 0 unspecified atom stereocenters. The van der Waals surface area contributed by atoms with E-state index >= 15 is 0 Å². The molecule has 0 aromatic carbocycles. The average molecular weight is 167 g/mol. The van der Waals surface area contributed by atoms with Crippen LogP contribution >= 0.6 is 0 Å². The Morgan fingerprint density at radius 3 is 2.36 bits per heavy atom. The summed E-state index contributed by atoms with van der Waals surface area (Å²) < 4.78 is 35.0. The lowest BCUT2D eigenvalue weighted by Gasteiger charge is -2.38. The van der Waals surface area contributed by atoms with Gasteiger partial charge in [-0.1, -0.05) is 0 Å². The smallest absolute Gasteiger partial charge is 0.300 e. The molecule has 1 saturated heterocycles. The van der Waals surface area contributed by atoms with Gasteiger partial charge in [-0.05, 0) is 19.9 Å². The van der Waals surface area contributed by atoms with Gasteiger partial charge in [0, 0.05) is 12.6 Å². The summed E-state index contributed by atoms with van der Waals surface area (Å²) in [5.41, 5.74) is 0. The summed E-state index contributed by atoms with van der Waals surface area (Å²) in [5.74, 6) is 0. The summed E-state index contributed by atoms with van der Waals surface area (Å²) in [7, 11) is 0. The molecule has 11 heavy (non-hydrogen) atoms. The molecule has 0 aromatic rings. The number of hydrogen-bond donors (Lipinski definition) is 0. The number of likely N-dealkylation sites (tertiary alicyclic amines) is 1. The third-order valence-corrected chi connectivity index (χ3v) is 2.14. The fourth-order valence-corrected chi connectivity index (χ4v) is 1.17. The second-order valence-corrected chi connectivity index (χ2v) is 3.04. The van der Waals surface area contributed by atoms with E-state index in [4.69, 9.17) is 0 Å². The summed E-state index contributed by atoms with van der Waals surface area (Å²) in [6, 6.07) is 0.359. The number of nitrogens with zero attached hydrogens (tertiary/aromatic N) is 1. The maximum atomic E-state index is 11.7. The fraction of sp³-hybridized carbons (Fsp3) is 1.00. The maximum Gasteiger partial charge on any atom is 0.390 e. The van der Waals surface area contributed by atoms with Crippen molar-refractivity contribution in [1.29, 1.82) is 0 Å². The first-order valence-corrected chi connectivity index (χ1v) is 3.80. The standard InChI is InChI=1S/C7H12F3N/c1-6-2-4-11(6)5-3-7(8,9)10/h6H,2-5H2,1H3/t6-/m1/s1. The molecule has 1 heterocycles. The van der Waals surface area contributed by atoms with Crippen LogP contribution in [0.4, 0.5) is 13.2 Å². The Morgan fingerprint density at radius 2 is 2.09 bits per heavy atom. The van der Waals surface area contributed by atoms with Crippen molar-refractivity contribution in [3.8, 4) is 0 Å². The van der Waals surface area contributed by atoms with E-state index in [9.17, 15) is 13.2 Å². The van der Waals surface area contributed by atoms with E-state index in [-0.39, 0.29) is 6.54 Å². The third-order valence-electron chi connectivity index (χ3n) is 2.14. The zero-order valence-corrected chi connectivity index (χ0v) is 6.49. The van der Waals surface area contributed by atoms with E-state index in [1.807, 2.05) is 11.8 Å². The molecule has 0 spiro atoms. The van der Waals surface area contributed by atoms with Gasteiger partial charge in [0.15, 0.2) is 0 Å². The van der Waals surface area contributed by atoms with Gasteiger partial charge in [-0.25, -0.2) is 0 Å². The number of rotatable bonds is 2. The van der Waals surface area contributed by atoms with E-state index in [1.165, 1.54) is 0 Å². The second kappa shape index (κ2) is 3.01. The van der Waals surface area contributed by atoms with Gasteiger partial charge in [-0.2, -0.15) is 13.2 Å². The molecule has 0 amide bonds. The summed E-state index contributed by atoms with van der Waals surface area (Å²) in [6.07, 6.45) is -3.62. The summed E-state index contributed by atoms with van der Waals surface area (Å²) in [5, 5.41) is 0. The maximum absolute atomic E-state index is 11.7. The Hall–Kier alpha value is -0.250. The summed E-state index contributed by atoms with van der Waals surface area (Å²) >= 11 is 0. The average Bonchev–Trinajstić information content (AvgIpc) is 1.82. The van der Waals surface area contributed by atoms with Crippen LogP contribution in [-0.4, -0.2) is 30.2 Å². The van der Waals surface area contributed by atoms with Crippen LogP contribution in [0.15, 0.2) is 0 Å². The molecular formula is C7H12F3N. The minimum Gasteiger partial charge on any atom is -0.300 e. The zero-order chi connectivity index (χ0) is 8.48. The first kappa shape index (κ1) is 8.84. The zero-order valence-electron chi connectivity index (χ0n) is 6.49. The topological polar surface area (TPSA) is 3.24 Å². The lowest BCUT2D eigenvalue weighted by molar-refractivity contribution is -0.141. The van der Waals surface area contributed by atoms with Crippen LogP contribution < -0.4 is 0 Å². The molecule has 1 aliphatic heterocycles. The van der Waals surface area contributed by atoms with Crippen molar-refractivity contribution in [2.75, 3.05) is 13.1 Å². The molecule has 0 bridgehead atoms. The SMILES string of the molecule is C[C@@H]1CCN1CCC(F)(F)F. The van der Waals surface area contributed by atoms with Crippen molar-refractivity contribution in [3.63, 3.8) is 0 Å². The predicted octanol–water partition coefficient (Wildman–Crippen LogP) is 2.03. The van der Waals surface area contributed by atoms with Crippen LogP contribution in [0, 0.1) is 0 Å². The third kappa shape index (κ3) is 2.69. The van der Waals surface area contributed by atoms with Gasteiger partial charge in [0.05, 0.1) is 6.42 Å². The highest BCUT2D eigenvalue weighted by molar-refractivity contribution is 4.78. The van der Waals surface area contributed by atoms with Gasteiger partial charge in [0.2, 0.25) is 0 Å². The van der Waals surface area contributed by atoms with Crippen LogP contribution in [0.3, 0.4) is 0 Å². The Labute approximate surface area is 64.2 Å². The van der Waals surface area contributed by atoms with Crippen molar-refractivity contribution >= 4 is 0 Å². The van der Waals surface area contributed by atoms with Crippen molar-refractivity contribution in [2.24, 2.45) is 0 Å². The normalized spacial score (nSPS) is 26.7. The Morgan fingerprint density at radius 1 is 1.45 bits per heavy atom. The molecule has 0 radical (unpaired) electrons. The van der Waals surface area contributed by atoms with E-state index < -0.39 is 12.6 Å². The van der Waals surface area contributed by atoms with Gasteiger partial charge in [0.25, 0.3) is 0 Å². The monoisotopic (exact) mass is 167 g/mol. The van der Waals surface area contributed by atoms with E-state index in [0.29, 0.717) is 6.04 Å². The summed E-state index contributed by atoms with van der Waals surface area (Å²) in [4.78, 5) is 1.85. The quantitative estimate of drug-likeness (QED) is 0.608. The highest BCUT2D eigenvalue weighted by Crippen LogP contribution is 2.23. The Balaban J connectivity index is 2.12. The first-order chi connectivity index (χ1) is 4.99. The van der Waals surface area contributed by atoms with Crippen LogP contribution in [0.25, 0.3) is 0 Å². The molecule has 0 aromatic heterocycles. The highest BCUT2D eigenvalue weighted by atomic mass is 19.4. The van der Waals surface area contributed by atoms with Crippen molar-refractivity contribution in [1.82, 2.24) is 4.90 Å². The molecule has 1 nitrogen and oxygen atoms in total. The van der Waals surface area contributed by atoms with Crippen LogP contribution in [-0.2, 0) is 0 Å². The van der Waals surface area contributed by atoms with Crippen molar-refractivity contribution in [3.05, 3.63) is 0 Å². The number of hydrogen-bond acceptors (Lipinski definition) is 1. The minimum absolute atomic E-state index is 0.171. The molecule has 1 rings (SSSR count). The van der Waals surface area contributed by atoms with E-state index in [2.05, 4.69) is 0 Å². The molecule has 1 aliphatic rings. The molecule has 1 atom stereocenters. The van der Waals surface area contributed by atoms with E-state index in [0.717, 1.165) is 13.0 Å². The molecular weight excluding hydrogens is 155 g/mol. The minimum atomic E-state index is -3.99. The van der Waals surface area contributed by atoms with Gasteiger partial charge in [0.1, 0.15) is 0 Å². The second-order valence-electron chi connectivity index (χ2n) is 3.04. The molecule has 0 N–H and O–H groups in total. The lowest BCUT2D eigenvalue weighted by Crippen LogP contribution is -2.46. The predicted molar refractivity (Wildman–Crippen MR) is 36.3 cm³/mol. The van der Waals surface area contributed by atoms with Gasteiger partial charge >= 0.3 is 6.18 Å². The number of alkyl halides is 3. The molecule has 66 valence electrons. The Kier molecular flexibility index (Phi) is 2.42. The van der Waals surface area contributed by atoms with Crippen molar-refractivity contribution < 1.29 is 13.2 Å². The van der Waals surface area contributed by atoms with Gasteiger partial charge in [-0.15, -0.1) is 0 Å². The lowest BCUT2D eigenvalue weighted by atomic mass is 10.1.